The van der Waals surface area contributed by atoms with Crippen molar-refractivity contribution in [3.05, 3.63) is 71.7 Å². The first kappa shape index (κ1) is 15.8. The van der Waals surface area contributed by atoms with E-state index in [0.29, 0.717) is 0 Å². The maximum absolute atomic E-state index is 13.2. The number of H-pyrrole nitrogens is 1. The Morgan fingerprint density at radius 1 is 1.20 bits per heavy atom. The molecule has 3 aromatic rings. The molecular formula is C20H20FN3O. The van der Waals surface area contributed by atoms with Crippen LogP contribution in [-0.2, 0) is 13.1 Å². The summed E-state index contributed by atoms with van der Waals surface area (Å²) in [5, 5.41) is 7.24. The molecule has 0 aliphatic carbocycles. The van der Waals surface area contributed by atoms with Gasteiger partial charge in [-0.15, -0.1) is 0 Å². The number of nitrogens with one attached hydrogen (secondary N) is 1. The van der Waals surface area contributed by atoms with Gasteiger partial charge in [-0.05, 0) is 37.3 Å². The molecule has 0 saturated heterocycles. The molecular weight excluding hydrogens is 317 g/mol. The molecule has 4 rings (SSSR count). The molecule has 1 atom stereocenters. The molecule has 1 aliphatic heterocycles. The fourth-order valence-corrected chi connectivity index (χ4v) is 3.33. The van der Waals surface area contributed by atoms with E-state index in [9.17, 15) is 4.39 Å². The summed E-state index contributed by atoms with van der Waals surface area (Å²) < 4.78 is 19.2. The van der Waals surface area contributed by atoms with Crippen LogP contribution in [0.3, 0.4) is 0 Å². The molecule has 0 spiro atoms. The van der Waals surface area contributed by atoms with Gasteiger partial charge in [0, 0.05) is 36.3 Å². The Morgan fingerprint density at radius 3 is 2.84 bits per heavy atom. The highest BCUT2D eigenvalue weighted by Gasteiger charge is 2.21. The Hall–Kier alpha value is -2.66. The highest BCUT2D eigenvalue weighted by Crippen LogP contribution is 2.27. The normalized spacial score (nSPS) is 17.6. The molecule has 1 unspecified atom stereocenters. The standard InChI is InChI=1S/C20H20FN3O/c1-14-11-24(12-16-4-2-3-5-19(16)25-14)13-17-10-22-23-20(17)15-6-8-18(21)9-7-15/h2-10,14H,11-13H2,1H3,(H,22,23). The number of ether oxygens (including phenoxy) is 1. The molecule has 0 bridgehead atoms. The number of halogens is 1. The molecule has 2 heterocycles. The number of hydrogen-bond donors (Lipinski definition) is 1. The number of para-hydroxylation sites is 1. The van der Waals surface area contributed by atoms with E-state index in [-0.39, 0.29) is 11.9 Å². The molecule has 1 aromatic heterocycles. The highest BCUT2D eigenvalue weighted by atomic mass is 19.1. The molecule has 25 heavy (non-hydrogen) atoms. The van der Waals surface area contributed by atoms with Gasteiger partial charge in [-0.25, -0.2) is 4.39 Å². The summed E-state index contributed by atoms with van der Waals surface area (Å²) in [5.41, 5.74) is 4.16. The lowest BCUT2D eigenvalue weighted by atomic mass is 10.1. The van der Waals surface area contributed by atoms with Gasteiger partial charge >= 0.3 is 0 Å². The number of benzene rings is 2. The van der Waals surface area contributed by atoms with Crippen LogP contribution >= 0.6 is 0 Å². The molecule has 1 aliphatic rings. The Bertz CT molecular complexity index is 859. The number of aromatic amines is 1. The lowest BCUT2D eigenvalue weighted by Gasteiger charge is -2.21. The highest BCUT2D eigenvalue weighted by molar-refractivity contribution is 5.62. The van der Waals surface area contributed by atoms with Gasteiger partial charge in [0.15, 0.2) is 0 Å². The van der Waals surface area contributed by atoms with Crippen LogP contribution in [-0.4, -0.2) is 27.7 Å². The third-order valence-electron chi connectivity index (χ3n) is 4.45. The third-order valence-corrected chi connectivity index (χ3v) is 4.45. The minimum atomic E-state index is -0.236. The van der Waals surface area contributed by atoms with E-state index in [1.807, 2.05) is 24.4 Å². The average molecular weight is 337 g/mol. The zero-order chi connectivity index (χ0) is 17.2. The van der Waals surface area contributed by atoms with E-state index in [2.05, 4.69) is 28.1 Å². The second-order valence-corrected chi connectivity index (χ2v) is 6.48. The van der Waals surface area contributed by atoms with Gasteiger partial charge < -0.3 is 4.74 Å². The molecule has 0 fully saturated rings. The molecule has 4 nitrogen and oxygen atoms in total. The van der Waals surface area contributed by atoms with Crippen LogP contribution in [0.4, 0.5) is 4.39 Å². The summed E-state index contributed by atoms with van der Waals surface area (Å²) in [4.78, 5) is 2.36. The van der Waals surface area contributed by atoms with E-state index in [1.54, 1.807) is 12.1 Å². The van der Waals surface area contributed by atoms with Crippen molar-refractivity contribution in [1.29, 1.82) is 0 Å². The van der Waals surface area contributed by atoms with Crippen molar-refractivity contribution in [2.45, 2.75) is 26.1 Å². The zero-order valence-electron chi connectivity index (χ0n) is 14.1. The van der Waals surface area contributed by atoms with Crippen molar-refractivity contribution in [3.63, 3.8) is 0 Å². The molecule has 0 amide bonds. The number of nitrogens with zero attached hydrogens (tertiary/aromatic N) is 2. The van der Waals surface area contributed by atoms with Crippen LogP contribution in [0, 0.1) is 5.82 Å². The van der Waals surface area contributed by atoms with Gasteiger partial charge in [0.25, 0.3) is 0 Å². The van der Waals surface area contributed by atoms with Gasteiger partial charge in [0.05, 0.1) is 11.9 Å². The Morgan fingerprint density at radius 2 is 2.00 bits per heavy atom. The number of fused-ring (bicyclic) bond motifs is 1. The first-order valence-electron chi connectivity index (χ1n) is 8.44. The van der Waals surface area contributed by atoms with Crippen LogP contribution in [0.15, 0.2) is 54.7 Å². The van der Waals surface area contributed by atoms with Crippen molar-refractivity contribution >= 4 is 0 Å². The Labute approximate surface area is 146 Å². The maximum atomic E-state index is 13.2. The minimum Gasteiger partial charge on any atom is -0.489 e. The first-order chi connectivity index (χ1) is 12.2. The summed E-state index contributed by atoms with van der Waals surface area (Å²) in [6, 6.07) is 14.7. The van der Waals surface area contributed by atoms with E-state index in [1.165, 1.54) is 17.7 Å². The number of rotatable bonds is 3. The van der Waals surface area contributed by atoms with E-state index in [0.717, 1.165) is 42.2 Å². The van der Waals surface area contributed by atoms with Crippen LogP contribution in [0.25, 0.3) is 11.3 Å². The fourth-order valence-electron chi connectivity index (χ4n) is 3.33. The second kappa shape index (κ2) is 6.69. The molecule has 5 heteroatoms. The lowest BCUT2D eigenvalue weighted by molar-refractivity contribution is 0.156. The van der Waals surface area contributed by atoms with Gasteiger partial charge in [-0.3, -0.25) is 10.00 Å². The SMILES string of the molecule is CC1CN(Cc2cn[nH]c2-c2ccc(F)cc2)Cc2ccccc2O1. The Balaban J connectivity index is 1.59. The fraction of sp³-hybridized carbons (Fsp3) is 0.250. The van der Waals surface area contributed by atoms with Gasteiger partial charge in [-0.1, -0.05) is 18.2 Å². The molecule has 0 radical (unpaired) electrons. The predicted octanol–water partition coefficient (Wildman–Crippen LogP) is 4.00. The van der Waals surface area contributed by atoms with Crippen molar-refractivity contribution < 1.29 is 9.13 Å². The predicted molar refractivity (Wildman–Crippen MR) is 94.6 cm³/mol. The number of hydrogen-bond acceptors (Lipinski definition) is 3. The van der Waals surface area contributed by atoms with Gasteiger partial charge in [0.1, 0.15) is 17.7 Å². The minimum absolute atomic E-state index is 0.116. The first-order valence-corrected chi connectivity index (χ1v) is 8.44. The monoisotopic (exact) mass is 337 g/mol. The van der Waals surface area contributed by atoms with Crippen molar-refractivity contribution in [1.82, 2.24) is 15.1 Å². The van der Waals surface area contributed by atoms with E-state index >= 15 is 0 Å². The third kappa shape index (κ3) is 3.42. The smallest absolute Gasteiger partial charge is 0.124 e. The van der Waals surface area contributed by atoms with Crippen molar-refractivity contribution in [3.8, 4) is 17.0 Å². The quantitative estimate of drug-likeness (QED) is 0.785. The summed E-state index contributed by atoms with van der Waals surface area (Å²) >= 11 is 0. The largest absolute Gasteiger partial charge is 0.489 e. The van der Waals surface area contributed by atoms with Crippen LogP contribution in [0.1, 0.15) is 18.1 Å². The van der Waals surface area contributed by atoms with Crippen molar-refractivity contribution in [2.75, 3.05) is 6.54 Å². The lowest BCUT2D eigenvalue weighted by Crippen LogP contribution is -2.30. The van der Waals surface area contributed by atoms with E-state index in [4.69, 9.17) is 4.74 Å². The summed E-state index contributed by atoms with van der Waals surface area (Å²) in [7, 11) is 0. The number of aromatic nitrogens is 2. The molecule has 0 saturated carbocycles. The average Bonchev–Trinajstić information content (AvgIpc) is 2.98. The second-order valence-electron chi connectivity index (χ2n) is 6.48. The molecule has 128 valence electrons. The van der Waals surface area contributed by atoms with Crippen LogP contribution in [0.5, 0.6) is 5.75 Å². The maximum Gasteiger partial charge on any atom is 0.124 e. The van der Waals surface area contributed by atoms with Crippen LogP contribution < -0.4 is 4.74 Å². The summed E-state index contributed by atoms with van der Waals surface area (Å²) in [5.74, 6) is 0.725. The molecule has 2 aromatic carbocycles. The molecule has 1 N–H and O–H groups in total. The van der Waals surface area contributed by atoms with Crippen LogP contribution in [0.2, 0.25) is 0 Å². The zero-order valence-corrected chi connectivity index (χ0v) is 14.1. The van der Waals surface area contributed by atoms with Gasteiger partial charge in [-0.2, -0.15) is 5.10 Å². The summed E-state index contributed by atoms with van der Waals surface area (Å²) in [6.07, 6.45) is 1.96. The van der Waals surface area contributed by atoms with Gasteiger partial charge in [0.2, 0.25) is 0 Å². The van der Waals surface area contributed by atoms with Crippen molar-refractivity contribution in [2.24, 2.45) is 0 Å². The summed E-state index contributed by atoms with van der Waals surface area (Å²) in [6.45, 7) is 4.51. The topological polar surface area (TPSA) is 41.2 Å². The Kier molecular flexibility index (Phi) is 4.24. The van der Waals surface area contributed by atoms with E-state index < -0.39 is 0 Å².